The number of ether oxygens (including phenoxy) is 2. The number of carbonyl (C=O) groups is 1. The normalized spacial score (nSPS) is 11.3. The number of methoxy groups -OCH3 is 1. The lowest BCUT2D eigenvalue weighted by atomic mass is 9.98. The van der Waals surface area contributed by atoms with Crippen LogP contribution in [0.1, 0.15) is 11.1 Å². The lowest BCUT2D eigenvalue weighted by Gasteiger charge is -2.15. The lowest BCUT2D eigenvalue weighted by Crippen LogP contribution is -2.13. The lowest BCUT2D eigenvalue weighted by molar-refractivity contribution is -0.143. The molecule has 0 aliphatic carbocycles. The number of rotatable bonds is 7. The number of halogens is 3. The van der Waals surface area contributed by atoms with Crippen molar-refractivity contribution in [2.75, 3.05) is 27.3 Å². The second-order valence-corrected chi connectivity index (χ2v) is 5.63. The second-order valence-electron chi connectivity index (χ2n) is 5.63. The van der Waals surface area contributed by atoms with E-state index in [9.17, 15) is 18.0 Å². The highest BCUT2D eigenvalue weighted by Crippen LogP contribution is 2.36. The molecule has 7 heteroatoms. The molecule has 0 heterocycles. The third-order valence-corrected chi connectivity index (χ3v) is 3.78. The Kier molecular flexibility index (Phi) is 6.63. The van der Waals surface area contributed by atoms with Gasteiger partial charge in [0.15, 0.2) is 6.61 Å². The van der Waals surface area contributed by atoms with Crippen LogP contribution in [0.5, 0.6) is 5.75 Å². The molecule has 140 valence electrons. The number of alkyl halides is 3. The summed E-state index contributed by atoms with van der Waals surface area (Å²) in [5.41, 5.74) is 1.06. The van der Waals surface area contributed by atoms with Crippen LogP contribution in [-0.4, -0.2) is 33.3 Å². The van der Waals surface area contributed by atoms with Crippen LogP contribution in [0.3, 0.4) is 0 Å². The van der Waals surface area contributed by atoms with Crippen molar-refractivity contribution >= 4 is 5.97 Å². The third-order valence-electron chi connectivity index (χ3n) is 3.78. The number of hydrogen-bond donors (Lipinski definition) is 1. The van der Waals surface area contributed by atoms with Gasteiger partial charge in [-0.2, -0.15) is 13.2 Å². The Morgan fingerprint density at radius 1 is 1.15 bits per heavy atom. The van der Waals surface area contributed by atoms with Gasteiger partial charge in [-0.1, -0.05) is 18.2 Å². The van der Waals surface area contributed by atoms with Crippen molar-refractivity contribution in [2.45, 2.75) is 12.6 Å². The summed E-state index contributed by atoms with van der Waals surface area (Å²) >= 11 is 0. The molecule has 2 rings (SSSR count). The predicted molar refractivity (Wildman–Crippen MR) is 92.0 cm³/mol. The highest BCUT2D eigenvalue weighted by Gasteiger charge is 2.30. The van der Waals surface area contributed by atoms with E-state index < -0.39 is 17.7 Å². The van der Waals surface area contributed by atoms with Crippen LogP contribution in [0, 0.1) is 0 Å². The molecule has 0 saturated heterocycles. The summed E-state index contributed by atoms with van der Waals surface area (Å²) in [7, 11) is 3.06. The number of benzene rings is 2. The quantitative estimate of drug-likeness (QED) is 0.759. The first-order valence-electron chi connectivity index (χ1n) is 8.00. The molecule has 0 aliphatic heterocycles. The zero-order valence-electron chi connectivity index (χ0n) is 14.5. The Morgan fingerprint density at radius 3 is 2.58 bits per heavy atom. The van der Waals surface area contributed by atoms with E-state index in [0.29, 0.717) is 23.3 Å². The smallest absolute Gasteiger partial charge is 0.416 e. The zero-order chi connectivity index (χ0) is 19.2. The minimum absolute atomic E-state index is 0.321. The number of carbonyl (C=O) groups excluding carboxylic acids is 1. The van der Waals surface area contributed by atoms with Crippen LogP contribution in [0.2, 0.25) is 0 Å². The van der Waals surface area contributed by atoms with Gasteiger partial charge in [-0.3, -0.25) is 0 Å². The monoisotopic (exact) mass is 367 g/mol. The van der Waals surface area contributed by atoms with E-state index in [1.54, 1.807) is 18.2 Å². The fourth-order valence-electron chi connectivity index (χ4n) is 2.41. The van der Waals surface area contributed by atoms with Crippen LogP contribution in [0.4, 0.5) is 13.2 Å². The number of esters is 1. The van der Waals surface area contributed by atoms with Gasteiger partial charge in [-0.05, 0) is 55.4 Å². The second kappa shape index (κ2) is 8.71. The SMILES string of the molecule is CNCCc1ccc(OCC(=O)OC)c(-c2cccc(C(F)(F)F)c2)c1. The molecule has 0 aromatic heterocycles. The minimum atomic E-state index is -4.44. The first-order valence-corrected chi connectivity index (χ1v) is 8.00. The molecular weight excluding hydrogens is 347 g/mol. The molecule has 0 atom stereocenters. The number of nitrogens with one attached hydrogen (secondary N) is 1. The maximum atomic E-state index is 13.0. The molecular formula is C19H20F3NO3. The molecule has 0 bridgehead atoms. The van der Waals surface area contributed by atoms with Gasteiger partial charge in [0.05, 0.1) is 12.7 Å². The first kappa shape index (κ1) is 19.8. The molecule has 0 unspecified atom stereocenters. The molecule has 0 spiro atoms. The van der Waals surface area contributed by atoms with E-state index in [0.717, 1.165) is 24.2 Å². The molecule has 1 N–H and O–H groups in total. The van der Waals surface area contributed by atoms with Crippen LogP contribution >= 0.6 is 0 Å². The summed E-state index contributed by atoms with van der Waals surface area (Å²) in [5, 5.41) is 3.03. The maximum absolute atomic E-state index is 13.0. The number of likely N-dealkylation sites (N-methyl/N-ethyl adjacent to an activating group) is 1. The summed E-state index contributed by atoms with van der Waals surface area (Å²) < 4.78 is 49.1. The maximum Gasteiger partial charge on any atom is 0.416 e. The van der Waals surface area contributed by atoms with Gasteiger partial charge >= 0.3 is 12.1 Å². The Labute approximate surface area is 149 Å². The van der Waals surface area contributed by atoms with Gasteiger partial charge in [0, 0.05) is 5.56 Å². The van der Waals surface area contributed by atoms with E-state index in [-0.39, 0.29) is 6.61 Å². The molecule has 26 heavy (non-hydrogen) atoms. The first-order chi connectivity index (χ1) is 12.3. The molecule has 0 fully saturated rings. The van der Waals surface area contributed by atoms with Crippen LogP contribution < -0.4 is 10.1 Å². The molecule has 0 saturated carbocycles. The molecule has 0 aliphatic rings. The van der Waals surface area contributed by atoms with Gasteiger partial charge in [-0.25, -0.2) is 4.79 Å². The van der Waals surface area contributed by atoms with E-state index in [1.165, 1.54) is 13.2 Å². The standard InChI is InChI=1S/C19H20F3NO3/c1-23-9-8-13-6-7-17(26-12-18(24)25-2)16(10-13)14-4-3-5-15(11-14)19(20,21)22/h3-7,10-11,23H,8-9,12H2,1-2H3. The average Bonchev–Trinajstić information content (AvgIpc) is 2.64. The topological polar surface area (TPSA) is 47.6 Å². The molecule has 0 amide bonds. The highest BCUT2D eigenvalue weighted by atomic mass is 19.4. The predicted octanol–water partition coefficient (Wildman–Crippen LogP) is 3.69. The highest BCUT2D eigenvalue weighted by molar-refractivity contribution is 5.74. The van der Waals surface area contributed by atoms with Gasteiger partial charge in [-0.15, -0.1) is 0 Å². The van der Waals surface area contributed by atoms with Crippen molar-refractivity contribution in [1.29, 1.82) is 0 Å². The van der Waals surface area contributed by atoms with Gasteiger partial charge in [0.1, 0.15) is 5.75 Å². The average molecular weight is 367 g/mol. The Morgan fingerprint density at radius 2 is 1.92 bits per heavy atom. The zero-order valence-corrected chi connectivity index (χ0v) is 14.5. The van der Waals surface area contributed by atoms with Crippen molar-refractivity contribution in [2.24, 2.45) is 0 Å². The van der Waals surface area contributed by atoms with Crippen molar-refractivity contribution < 1.29 is 27.4 Å². The molecule has 2 aromatic rings. The Bertz CT molecular complexity index is 760. The summed E-state index contributed by atoms with van der Waals surface area (Å²) in [5.74, 6) is -0.248. The van der Waals surface area contributed by atoms with Crippen molar-refractivity contribution in [3.63, 3.8) is 0 Å². The third kappa shape index (κ3) is 5.23. The van der Waals surface area contributed by atoms with Gasteiger partial charge in [0.25, 0.3) is 0 Å². The van der Waals surface area contributed by atoms with Crippen LogP contribution in [0.15, 0.2) is 42.5 Å². The van der Waals surface area contributed by atoms with Crippen molar-refractivity contribution in [1.82, 2.24) is 5.32 Å². The van der Waals surface area contributed by atoms with Crippen LogP contribution in [-0.2, 0) is 22.1 Å². The molecule has 2 aromatic carbocycles. The Hall–Kier alpha value is -2.54. The largest absolute Gasteiger partial charge is 0.481 e. The van der Waals surface area contributed by atoms with Crippen molar-refractivity contribution in [3.05, 3.63) is 53.6 Å². The molecule has 0 radical (unpaired) electrons. The van der Waals surface area contributed by atoms with Gasteiger partial charge < -0.3 is 14.8 Å². The fraction of sp³-hybridized carbons (Fsp3) is 0.316. The fourth-order valence-corrected chi connectivity index (χ4v) is 2.41. The van der Waals surface area contributed by atoms with E-state index in [2.05, 4.69) is 10.1 Å². The summed E-state index contributed by atoms with van der Waals surface area (Å²) in [6.45, 7) is 0.405. The Balaban J connectivity index is 2.43. The van der Waals surface area contributed by atoms with Crippen LogP contribution in [0.25, 0.3) is 11.1 Å². The van der Waals surface area contributed by atoms with Gasteiger partial charge in [0.2, 0.25) is 0 Å². The summed E-state index contributed by atoms with van der Waals surface area (Å²) in [6.07, 6.45) is -3.73. The van der Waals surface area contributed by atoms with Crippen molar-refractivity contribution in [3.8, 4) is 16.9 Å². The van der Waals surface area contributed by atoms with E-state index in [4.69, 9.17) is 4.74 Å². The molecule has 4 nitrogen and oxygen atoms in total. The minimum Gasteiger partial charge on any atom is -0.481 e. The van der Waals surface area contributed by atoms with E-state index in [1.807, 2.05) is 13.1 Å². The van der Waals surface area contributed by atoms with E-state index >= 15 is 0 Å². The summed E-state index contributed by atoms with van der Waals surface area (Å²) in [4.78, 5) is 11.3. The number of hydrogen-bond acceptors (Lipinski definition) is 4. The summed E-state index contributed by atoms with van der Waals surface area (Å²) in [6, 6.07) is 10.3.